The van der Waals surface area contributed by atoms with Gasteiger partial charge in [0.1, 0.15) is 5.92 Å². The number of benzene rings is 1. The number of nitriles is 1. The van der Waals surface area contributed by atoms with E-state index in [9.17, 15) is 9.90 Å². The van der Waals surface area contributed by atoms with Crippen LogP contribution in [0.1, 0.15) is 28.3 Å². The summed E-state index contributed by atoms with van der Waals surface area (Å²) in [5.74, 6) is -2.07. The summed E-state index contributed by atoms with van der Waals surface area (Å²) in [6.07, 6.45) is 1.70. The Hall–Kier alpha value is -2.95. The highest BCUT2D eigenvalue weighted by Gasteiger charge is 2.26. The molecule has 1 aliphatic heterocycles. The van der Waals surface area contributed by atoms with Crippen molar-refractivity contribution in [1.29, 1.82) is 5.26 Å². The van der Waals surface area contributed by atoms with Crippen LogP contribution in [0.5, 0.6) is 0 Å². The number of aromatic nitrogens is 1. The minimum atomic E-state index is -1.06. The van der Waals surface area contributed by atoms with Crippen molar-refractivity contribution in [3.63, 3.8) is 0 Å². The van der Waals surface area contributed by atoms with Gasteiger partial charge in [-0.1, -0.05) is 6.07 Å². The molecular weight excluding hydrogens is 332 g/mol. The molecule has 2 aromatic rings. The van der Waals surface area contributed by atoms with Crippen molar-refractivity contribution in [2.24, 2.45) is 0 Å². The van der Waals surface area contributed by atoms with Crippen LogP contribution >= 0.6 is 0 Å². The molecule has 1 atom stereocenters. The number of hydrogen-bond donors (Lipinski definition) is 2. The van der Waals surface area contributed by atoms with Gasteiger partial charge in [0.2, 0.25) is 0 Å². The van der Waals surface area contributed by atoms with Gasteiger partial charge in [-0.05, 0) is 35.4 Å². The first-order chi connectivity index (χ1) is 12.6. The molecule has 0 amide bonds. The number of ether oxygens (including phenoxy) is 1. The Morgan fingerprint density at radius 2 is 2.12 bits per heavy atom. The summed E-state index contributed by atoms with van der Waals surface area (Å²) in [4.78, 5) is 18.5. The molecule has 0 spiro atoms. The lowest BCUT2D eigenvalue weighted by molar-refractivity contribution is -0.137. The maximum absolute atomic E-state index is 11.9. The first kappa shape index (κ1) is 17.9. The van der Waals surface area contributed by atoms with E-state index >= 15 is 0 Å². The fourth-order valence-electron chi connectivity index (χ4n) is 3.03. The average molecular weight is 352 g/mol. The summed E-state index contributed by atoms with van der Waals surface area (Å²) in [5, 5.41) is 18.8. The summed E-state index contributed by atoms with van der Waals surface area (Å²) >= 11 is 0. The number of nitrogen functional groups attached to an aromatic ring is 1. The topological polar surface area (TPSA) is 112 Å². The number of carboxylic acid groups (broad SMARTS) is 1. The Morgan fingerprint density at radius 1 is 1.35 bits per heavy atom. The molecule has 2 heterocycles. The maximum Gasteiger partial charge on any atom is 0.317 e. The van der Waals surface area contributed by atoms with Crippen LogP contribution in [-0.4, -0.2) is 47.3 Å². The minimum absolute atomic E-state index is 0.329. The summed E-state index contributed by atoms with van der Waals surface area (Å²) in [6, 6.07) is 10.2. The zero-order valence-electron chi connectivity index (χ0n) is 14.3. The third kappa shape index (κ3) is 3.99. The Bertz CT molecular complexity index is 824. The molecule has 0 radical (unpaired) electrons. The molecule has 3 rings (SSSR count). The van der Waals surface area contributed by atoms with E-state index in [0.717, 1.165) is 38.4 Å². The number of nitrogens with two attached hydrogens (primary N) is 1. The van der Waals surface area contributed by atoms with Gasteiger partial charge in [0.05, 0.1) is 30.5 Å². The van der Waals surface area contributed by atoms with Gasteiger partial charge in [-0.15, -0.1) is 0 Å². The van der Waals surface area contributed by atoms with Crippen LogP contribution in [0.2, 0.25) is 0 Å². The molecule has 0 aliphatic carbocycles. The molecule has 0 bridgehead atoms. The van der Waals surface area contributed by atoms with Crippen LogP contribution in [0.25, 0.3) is 0 Å². The predicted octanol–water partition coefficient (Wildman–Crippen LogP) is 1.58. The van der Waals surface area contributed by atoms with Crippen molar-refractivity contribution in [3.8, 4) is 6.07 Å². The molecule has 1 saturated heterocycles. The fraction of sp³-hybridized carbons (Fsp3) is 0.316. The second-order valence-electron chi connectivity index (χ2n) is 6.21. The van der Waals surface area contributed by atoms with E-state index in [1.54, 1.807) is 24.4 Å². The van der Waals surface area contributed by atoms with Crippen molar-refractivity contribution in [3.05, 3.63) is 58.9 Å². The van der Waals surface area contributed by atoms with Gasteiger partial charge in [-0.2, -0.15) is 5.26 Å². The van der Waals surface area contributed by atoms with Crippen LogP contribution in [0.15, 0.2) is 36.5 Å². The van der Waals surface area contributed by atoms with E-state index in [4.69, 9.17) is 15.7 Å². The normalized spacial score (nSPS) is 16.0. The highest BCUT2D eigenvalue weighted by molar-refractivity contribution is 5.82. The average Bonchev–Trinajstić information content (AvgIpc) is 2.65. The van der Waals surface area contributed by atoms with Gasteiger partial charge in [-0.25, -0.2) is 0 Å². The van der Waals surface area contributed by atoms with Gasteiger partial charge in [0.25, 0.3) is 0 Å². The smallest absolute Gasteiger partial charge is 0.317 e. The number of carbonyl (C=O) groups is 1. The molecule has 1 aromatic heterocycles. The molecule has 1 aromatic carbocycles. The van der Waals surface area contributed by atoms with Gasteiger partial charge in [0, 0.05) is 31.5 Å². The standard InChI is InChI=1S/C19H20N4O3/c20-10-13-1-3-16(21)15(9-13)18(19(24)25)17-4-2-14(11-22-17)12-23-5-7-26-8-6-23/h1-4,9,11,18H,5-8,12,21H2,(H,24,25). The van der Waals surface area contributed by atoms with Crippen LogP contribution in [-0.2, 0) is 16.1 Å². The summed E-state index contributed by atoms with van der Waals surface area (Å²) < 4.78 is 5.34. The Kier molecular flexibility index (Phi) is 5.46. The molecule has 1 unspecified atom stereocenters. The summed E-state index contributed by atoms with van der Waals surface area (Å²) in [6.45, 7) is 3.94. The SMILES string of the molecule is N#Cc1ccc(N)c(C(C(=O)O)c2ccc(CN3CCOCC3)cn2)c1. The summed E-state index contributed by atoms with van der Waals surface area (Å²) in [7, 11) is 0. The molecule has 0 saturated carbocycles. The Labute approximate surface area is 151 Å². The monoisotopic (exact) mass is 352 g/mol. The first-order valence-corrected chi connectivity index (χ1v) is 8.35. The van der Waals surface area contributed by atoms with Crippen LogP contribution in [0, 0.1) is 11.3 Å². The molecule has 134 valence electrons. The van der Waals surface area contributed by atoms with Crippen LogP contribution < -0.4 is 5.73 Å². The molecule has 1 fully saturated rings. The second-order valence-corrected chi connectivity index (χ2v) is 6.21. The third-order valence-corrected chi connectivity index (χ3v) is 4.43. The lowest BCUT2D eigenvalue weighted by atomic mass is 9.92. The van der Waals surface area contributed by atoms with Crippen LogP contribution in [0.3, 0.4) is 0 Å². The van der Waals surface area contributed by atoms with E-state index in [1.165, 1.54) is 6.07 Å². The minimum Gasteiger partial charge on any atom is -0.480 e. The fourth-order valence-corrected chi connectivity index (χ4v) is 3.03. The quantitative estimate of drug-likeness (QED) is 0.786. The lowest BCUT2D eigenvalue weighted by Gasteiger charge is -2.26. The Morgan fingerprint density at radius 3 is 2.73 bits per heavy atom. The highest BCUT2D eigenvalue weighted by Crippen LogP contribution is 2.29. The summed E-state index contributed by atoms with van der Waals surface area (Å²) in [5.41, 5.74) is 8.43. The van der Waals surface area contributed by atoms with E-state index < -0.39 is 11.9 Å². The zero-order chi connectivity index (χ0) is 18.5. The number of hydrogen-bond acceptors (Lipinski definition) is 6. The van der Waals surface area contributed by atoms with Gasteiger partial charge in [-0.3, -0.25) is 14.7 Å². The number of anilines is 1. The molecule has 7 nitrogen and oxygen atoms in total. The van der Waals surface area contributed by atoms with E-state index in [0.29, 0.717) is 22.5 Å². The lowest BCUT2D eigenvalue weighted by Crippen LogP contribution is -2.35. The number of pyridine rings is 1. The molecule has 3 N–H and O–H groups in total. The number of nitrogens with zero attached hydrogens (tertiary/aromatic N) is 3. The van der Waals surface area contributed by atoms with Gasteiger partial charge < -0.3 is 15.6 Å². The maximum atomic E-state index is 11.9. The number of rotatable bonds is 5. The predicted molar refractivity (Wildman–Crippen MR) is 95.4 cm³/mol. The third-order valence-electron chi connectivity index (χ3n) is 4.43. The highest BCUT2D eigenvalue weighted by atomic mass is 16.5. The molecule has 26 heavy (non-hydrogen) atoms. The first-order valence-electron chi connectivity index (χ1n) is 8.35. The van der Waals surface area contributed by atoms with Gasteiger partial charge in [0.15, 0.2) is 0 Å². The second kappa shape index (κ2) is 7.95. The number of carboxylic acids is 1. The molecule has 1 aliphatic rings. The number of morpholine rings is 1. The Balaban J connectivity index is 1.85. The van der Waals surface area contributed by atoms with Crippen LogP contribution in [0.4, 0.5) is 5.69 Å². The van der Waals surface area contributed by atoms with Crippen molar-refractivity contribution in [2.45, 2.75) is 12.5 Å². The van der Waals surface area contributed by atoms with E-state index in [2.05, 4.69) is 9.88 Å². The van der Waals surface area contributed by atoms with Crippen molar-refractivity contribution < 1.29 is 14.6 Å². The van der Waals surface area contributed by atoms with Crippen molar-refractivity contribution in [1.82, 2.24) is 9.88 Å². The van der Waals surface area contributed by atoms with Crippen molar-refractivity contribution in [2.75, 3.05) is 32.0 Å². The molecule has 7 heteroatoms. The van der Waals surface area contributed by atoms with E-state index in [1.807, 2.05) is 12.1 Å². The molecular formula is C19H20N4O3. The largest absolute Gasteiger partial charge is 0.480 e. The van der Waals surface area contributed by atoms with Crippen molar-refractivity contribution >= 4 is 11.7 Å². The van der Waals surface area contributed by atoms with E-state index in [-0.39, 0.29) is 0 Å². The number of aliphatic carboxylic acids is 1. The van der Waals surface area contributed by atoms with Gasteiger partial charge >= 0.3 is 5.97 Å². The zero-order valence-corrected chi connectivity index (χ0v) is 14.3.